The molecule has 98 valence electrons. The summed E-state index contributed by atoms with van der Waals surface area (Å²) in [6.07, 6.45) is 2.87. The van der Waals surface area contributed by atoms with Gasteiger partial charge in [0.15, 0.2) is 5.69 Å². The van der Waals surface area contributed by atoms with E-state index in [9.17, 15) is 9.59 Å². The van der Waals surface area contributed by atoms with Crippen molar-refractivity contribution in [3.8, 4) is 0 Å². The quantitative estimate of drug-likeness (QED) is 0.819. The van der Waals surface area contributed by atoms with Gasteiger partial charge in [-0.25, -0.2) is 4.68 Å². The number of hydrogen-bond donors (Lipinski definition) is 2. The second kappa shape index (κ2) is 5.63. The van der Waals surface area contributed by atoms with Crippen molar-refractivity contribution in [2.45, 2.75) is 25.9 Å². The Morgan fingerprint density at radius 2 is 2.28 bits per heavy atom. The fourth-order valence-corrected chi connectivity index (χ4v) is 1.49. The van der Waals surface area contributed by atoms with Crippen LogP contribution in [-0.2, 0) is 11.3 Å². The molecule has 2 N–H and O–H groups in total. The molecule has 0 atom stereocenters. The number of aromatic nitrogens is 3. The lowest BCUT2D eigenvalue weighted by Gasteiger charge is -2.20. The monoisotopic (exact) mass is 272 g/mol. The normalized spacial score (nSPS) is 11.7. The van der Waals surface area contributed by atoms with Crippen molar-refractivity contribution in [3.63, 3.8) is 0 Å². The SMILES string of the molecule is CC(C)(/C=C/Cl)NC(=O)c1cn(CC(=O)O)nn1. The summed E-state index contributed by atoms with van der Waals surface area (Å²) in [5.74, 6) is -1.51. The van der Waals surface area contributed by atoms with Crippen LogP contribution >= 0.6 is 11.6 Å². The fourth-order valence-electron chi connectivity index (χ4n) is 1.17. The van der Waals surface area contributed by atoms with Gasteiger partial charge in [0, 0.05) is 5.54 Å². The van der Waals surface area contributed by atoms with Crippen LogP contribution in [0.2, 0.25) is 0 Å². The molecule has 1 rings (SSSR count). The van der Waals surface area contributed by atoms with E-state index in [2.05, 4.69) is 15.6 Å². The first-order valence-corrected chi connectivity index (χ1v) is 5.50. The molecule has 1 amide bonds. The van der Waals surface area contributed by atoms with Crippen LogP contribution in [0.25, 0.3) is 0 Å². The number of carboxylic acid groups (broad SMARTS) is 1. The highest BCUT2D eigenvalue weighted by molar-refractivity contribution is 6.25. The molecule has 0 aromatic carbocycles. The molecular weight excluding hydrogens is 260 g/mol. The molecule has 0 aliphatic heterocycles. The number of carboxylic acids is 1. The number of carbonyl (C=O) groups is 2. The molecule has 0 aliphatic rings. The predicted octanol–water partition coefficient (Wildman–Crippen LogP) is 0.624. The summed E-state index contributed by atoms with van der Waals surface area (Å²) >= 11 is 5.45. The molecule has 8 heteroatoms. The Balaban J connectivity index is 2.73. The molecule has 1 heterocycles. The molecule has 0 radical (unpaired) electrons. The highest BCUT2D eigenvalue weighted by atomic mass is 35.5. The number of hydrogen-bond acceptors (Lipinski definition) is 4. The lowest BCUT2D eigenvalue weighted by Crippen LogP contribution is -2.41. The van der Waals surface area contributed by atoms with Crippen LogP contribution in [-0.4, -0.2) is 37.5 Å². The Labute approximate surface area is 108 Å². The highest BCUT2D eigenvalue weighted by Crippen LogP contribution is 2.06. The lowest BCUT2D eigenvalue weighted by molar-refractivity contribution is -0.137. The van der Waals surface area contributed by atoms with E-state index in [4.69, 9.17) is 16.7 Å². The van der Waals surface area contributed by atoms with E-state index in [1.54, 1.807) is 19.9 Å². The van der Waals surface area contributed by atoms with Crippen molar-refractivity contribution >= 4 is 23.5 Å². The third kappa shape index (κ3) is 4.17. The maximum absolute atomic E-state index is 11.8. The van der Waals surface area contributed by atoms with E-state index in [-0.39, 0.29) is 12.2 Å². The second-order valence-corrected chi connectivity index (χ2v) is 4.42. The zero-order chi connectivity index (χ0) is 13.8. The van der Waals surface area contributed by atoms with Crippen molar-refractivity contribution in [2.24, 2.45) is 0 Å². The van der Waals surface area contributed by atoms with Gasteiger partial charge in [-0.05, 0) is 19.9 Å². The van der Waals surface area contributed by atoms with Gasteiger partial charge in [0.25, 0.3) is 5.91 Å². The predicted molar refractivity (Wildman–Crippen MR) is 64.2 cm³/mol. The van der Waals surface area contributed by atoms with Gasteiger partial charge in [0.05, 0.1) is 11.7 Å². The maximum Gasteiger partial charge on any atom is 0.325 e. The van der Waals surface area contributed by atoms with Crippen LogP contribution in [0.3, 0.4) is 0 Å². The van der Waals surface area contributed by atoms with E-state index in [1.165, 1.54) is 11.7 Å². The van der Waals surface area contributed by atoms with Crippen molar-refractivity contribution in [2.75, 3.05) is 0 Å². The molecule has 0 unspecified atom stereocenters. The zero-order valence-electron chi connectivity index (χ0n) is 9.92. The highest BCUT2D eigenvalue weighted by Gasteiger charge is 2.20. The number of carbonyl (C=O) groups excluding carboxylic acids is 1. The first-order valence-electron chi connectivity index (χ1n) is 5.06. The van der Waals surface area contributed by atoms with Gasteiger partial charge in [0.1, 0.15) is 6.54 Å². The van der Waals surface area contributed by atoms with Crippen LogP contribution < -0.4 is 5.32 Å². The molecule has 18 heavy (non-hydrogen) atoms. The van der Waals surface area contributed by atoms with E-state index >= 15 is 0 Å². The van der Waals surface area contributed by atoms with Gasteiger partial charge < -0.3 is 10.4 Å². The molecule has 0 fully saturated rings. The average Bonchev–Trinajstić information content (AvgIpc) is 2.64. The molecule has 0 spiro atoms. The summed E-state index contributed by atoms with van der Waals surface area (Å²) in [7, 11) is 0. The molecule has 7 nitrogen and oxygen atoms in total. The van der Waals surface area contributed by atoms with E-state index < -0.39 is 17.4 Å². The molecule has 0 aliphatic carbocycles. The van der Waals surface area contributed by atoms with E-state index in [1.807, 2.05) is 0 Å². The third-order valence-corrected chi connectivity index (χ3v) is 2.11. The van der Waals surface area contributed by atoms with Gasteiger partial charge in [-0.3, -0.25) is 9.59 Å². The van der Waals surface area contributed by atoms with E-state index in [0.29, 0.717) is 0 Å². The number of halogens is 1. The van der Waals surface area contributed by atoms with Crippen LogP contribution in [0.5, 0.6) is 0 Å². The Kier molecular flexibility index (Phi) is 4.43. The smallest absolute Gasteiger partial charge is 0.325 e. The average molecular weight is 273 g/mol. The first-order chi connectivity index (χ1) is 8.34. The number of nitrogens with zero attached hydrogens (tertiary/aromatic N) is 3. The Morgan fingerprint density at radius 3 is 2.83 bits per heavy atom. The topological polar surface area (TPSA) is 97.1 Å². The molecule has 1 aromatic heterocycles. The molecule has 0 saturated carbocycles. The zero-order valence-corrected chi connectivity index (χ0v) is 10.7. The van der Waals surface area contributed by atoms with Crippen molar-refractivity contribution < 1.29 is 14.7 Å². The first kappa shape index (κ1) is 14.2. The summed E-state index contributed by atoms with van der Waals surface area (Å²) < 4.78 is 1.07. The summed E-state index contributed by atoms with van der Waals surface area (Å²) in [5.41, 5.74) is 0.726. The molecule has 0 saturated heterocycles. The minimum Gasteiger partial charge on any atom is -0.480 e. The number of nitrogens with one attached hydrogen (secondary N) is 1. The van der Waals surface area contributed by atoms with Crippen LogP contribution in [0.1, 0.15) is 24.3 Å². The van der Waals surface area contributed by atoms with Gasteiger partial charge >= 0.3 is 5.97 Å². The van der Waals surface area contributed by atoms with E-state index in [0.717, 1.165) is 4.68 Å². The number of rotatable bonds is 5. The minimum atomic E-state index is -1.06. The van der Waals surface area contributed by atoms with Gasteiger partial charge in [0.2, 0.25) is 0 Å². The summed E-state index contributed by atoms with van der Waals surface area (Å²) in [6, 6.07) is 0. The Bertz CT molecular complexity index is 481. The number of amides is 1. The summed E-state index contributed by atoms with van der Waals surface area (Å²) in [5, 5.41) is 18.4. The molecule has 1 aromatic rings. The Hall–Kier alpha value is -1.89. The van der Waals surface area contributed by atoms with Gasteiger partial charge in [-0.1, -0.05) is 16.8 Å². The van der Waals surface area contributed by atoms with Gasteiger partial charge in [-0.15, -0.1) is 5.10 Å². The van der Waals surface area contributed by atoms with Crippen LogP contribution in [0, 0.1) is 0 Å². The minimum absolute atomic E-state index is 0.0484. The van der Waals surface area contributed by atoms with Crippen LogP contribution in [0.4, 0.5) is 0 Å². The standard InChI is InChI=1S/C10H13ClN4O3/c1-10(2,3-4-11)12-9(18)7-5-15(14-13-7)6-8(16)17/h3-5H,6H2,1-2H3,(H,12,18)(H,16,17)/b4-3+. The summed E-state index contributed by atoms with van der Waals surface area (Å²) in [4.78, 5) is 22.2. The van der Waals surface area contributed by atoms with Crippen molar-refractivity contribution in [1.29, 1.82) is 0 Å². The number of aliphatic carboxylic acids is 1. The Morgan fingerprint density at radius 1 is 1.61 bits per heavy atom. The van der Waals surface area contributed by atoms with Crippen molar-refractivity contribution in [3.05, 3.63) is 23.5 Å². The van der Waals surface area contributed by atoms with Crippen LogP contribution in [0.15, 0.2) is 17.8 Å². The fraction of sp³-hybridized carbons (Fsp3) is 0.400. The molecule has 0 bridgehead atoms. The maximum atomic E-state index is 11.8. The lowest BCUT2D eigenvalue weighted by atomic mass is 10.1. The second-order valence-electron chi connectivity index (χ2n) is 4.16. The summed E-state index contributed by atoms with van der Waals surface area (Å²) in [6.45, 7) is 3.17. The largest absolute Gasteiger partial charge is 0.480 e. The molecular formula is C10H13ClN4O3. The van der Waals surface area contributed by atoms with Gasteiger partial charge in [-0.2, -0.15) is 0 Å². The van der Waals surface area contributed by atoms with Crippen molar-refractivity contribution in [1.82, 2.24) is 20.3 Å². The third-order valence-electron chi connectivity index (χ3n) is 1.98.